The van der Waals surface area contributed by atoms with Gasteiger partial charge in [0.15, 0.2) is 12.4 Å². The summed E-state index contributed by atoms with van der Waals surface area (Å²) in [5.41, 5.74) is 6.80. The highest BCUT2D eigenvalue weighted by Gasteiger charge is 2.16. The van der Waals surface area contributed by atoms with Crippen molar-refractivity contribution < 1.29 is 13.9 Å². The van der Waals surface area contributed by atoms with Crippen LogP contribution in [0, 0.1) is 3.57 Å². The Bertz CT molecular complexity index is 1600. The van der Waals surface area contributed by atoms with Gasteiger partial charge < -0.3 is 14.9 Å². The van der Waals surface area contributed by atoms with E-state index in [1.54, 1.807) is 36.5 Å². The number of hydrogen-bond donors (Lipinski definition) is 1. The van der Waals surface area contributed by atoms with Crippen molar-refractivity contribution >= 4 is 56.6 Å². The first-order valence-corrected chi connectivity index (χ1v) is 11.3. The number of halogens is 1. The monoisotopic (exact) mass is 564 g/mol. The standard InChI is InChI=1S/C25H17IN4O4/c26-18-11-15(9-10-21(18)33-14-23(27)31)13-28-30-24(22-12-16-5-1-4-8-20(16)34-22)29-19-7-3-2-6-17(19)25(30)32/h1-13H,14H2,(H2,27,31). The molecule has 0 unspecified atom stereocenters. The van der Waals surface area contributed by atoms with Crippen LogP contribution in [0.4, 0.5) is 0 Å². The largest absolute Gasteiger partial charge is 0.483 e. The van der Waals surface area contributed by atoms with Gasteiger partial charge in [0, 0.05) is 5.39 Å². The lowest BCUT2D eigenvalue weighted by molar-refractivity contribution is -0.119. The van der Waals surface area contributed by atoms with E-state index in [1.165, 1.54) is 4.68 Å². The number of benzene rings is 3. The number of nitrogens with two attached hydrogens (primary N) is 1. The number of carbonyl (C=O) groups excluding carboxylic acids is 1. The lowest BCUT2D eigenvalue weighted by Crippen LogP contribution is -2.20. The molecule has 0 aliphatic heterocycles. The molecule has 0 spiro atoms. The first kappa shape index (κ1) is 21.8. The summed E-state index contributed by atoms with van der Waals surface area (Å²) in [7, 11) is 0. The van der Waals surface area contributed by atoms with Gasteiger partial charge in [0.05, 0.1) is 20.7 Å². The molecule has 9 heteroatoms. The van der Waals surface area contributed by atoms with Gasteiger partial charge in [-0.25, -0.2) is 4.98 Å². The van der Waals surface area contributed by atoms with E-state index in [4.69, 9.17) is 14.9 Å². The van der Waals surface area contributed by atoms with Crippen LogP contribution >= 0.6 is 22.6 Å². The number of carbonyl (C=O) groups is 1. The Morgan fingerprint density at radius 1 is 1.12 bits per heavy atom. The van der Waals surface area contributed by atoms with Crippen LogP contribution in [-0.4, -0.2) is 28.4 Å². The maximum absolute atomic E-state index is 13.3. The Hall–Kier alpha value is -3.99. The highest BCUT2D eigenvalue weighted by molar-refractivity contribution is 14.1. The molecule has 3 aromatic carbocycles. The van der Waals surface area contributed by atoms with Crippen molar-refractivity contribution in [1.82, 2.24) is 9.66 Å². The van der Waals surface area contributed by atoms with Crippen LogP contribution in [-0.2, 0) is 4.79 Å². The third-order valence-electron chi connectivity index (χ3n) is 5.05. The van der Waals surface area contributed by atoms with E-state index in [1.807, 2.05) is 42.5 Å². The molecule has 2 heterocycles. The number of nitrogens with zero attached hydrogens (tertiary/aromatic N) is 3. The van der Waals surface area contributed by atoms with Crippen LogP contribution < -0.4 is 16.0 Å². The number of aromatic nitrogens is 2. The van der Waals surface area contributed by atoms with Crippen LogP contribution in [0.3, 0.4) is 0 Å². The van der Waals surface area contributed by atoms with Crippen LogP contribution in [0.15, 0.2) is 87.1 Å². The summed E-state index contributed by atoms with van der Waals surface area (Å²) < 4.78 is 13.4. The van der Waals surface area contributed by atoms with E-state index < -0.39 is 5.91 Å². The van der Waals surface area contributed by atoms with Crippen molar-refractivity contribution in [2.75, 3.05) is 6.61 Å². The smallest absolute Gasteiger partial charge is 0.282 e. The second-order valence-electron chi connectivity index (χ2n) is 7.41. The summed E-state index contributed by atoms with van der Waals surface area (Å²) in [6, 6.07) is 21.8. The fraction of sp³-hybridized carbons (Fsp3) is 0.0400. The number of furan rings is 1. The van der Waals surface area contributed by atoms with Crippen molar-refractivity contribution in [3.05, 3.63) is 92.3 Å². The van der Waals surface area contributed by atoms with Gasteiger partial charge in [0.2, 0.25) is 5.82 Å². The quantitative estimate of drug-likeness (QED) is 0.246. The van der Waals surface area contributed by atoms with Gasteiger partial charge in [-0.2, -0.15) is 9.78 Å². The minimum absolute atomic E-state index is 0.206. The number of amides is 1. The average Bonchev–Trinajstić information content (AvgIpc) is 3.27. The zero-order valence-corrected chi connectivity index (χ0v) is 19.8. The molecule has 168 valence electrons. The Morgan fingerprint density at radius 3 is 2.71 bits per heavy atom. The molecule has 2 aromatic heterocycles. The van der Waals surface area contributed by atoms with Gasteiger partial charge in [-0.1, -0.05) is 30.3 Å². The summed E-state index contributed by atoms with van der Waals surface area (Å²) in [5.74, 6) is 0.713. The van der Waals surface area contributed by atoms with E-state index >= 15 is 0 Å². The minimum Gasteiger partial charge on any atom is -0.483 e. The van der Waals surface area contributed by atoms with E-state index in [9.17, 15) is 9.59 Å². The van der Waals surface area contributed by atoms with Gasteiger partial charge in [0.1, 0.15) is 11.3 Å². The fourth-order valence-corrected chi connectivity index (χ4v) is 4.17. The molecule has 1 amide bonds. The molecule has 0 aliphatic rings. The summed E-state index contributed by atoms with van der Waals surface area (Å²) in [5, 5.41) is 5.80. The Kier molecular flexibility index (Phi) is 5.84. The van der Waals surface area contributed by atoms with Crippen molar-refractivity contribution in [1.29, 1.82) is 0 Å². The molecule has 2 N–H and O–H groups in total. The Labute approximate surface area is 206 Å². The molecule has 0 bridgehead atoms. The highest BCUT2D eigenvalue weighted by atomic mass is 127. The molecule has 34 heavy (non-hydrogen) atoms. The van der Waals surface area contributed by atoms with Gasteiger partial charge >= 0.3 is 0 Å². The van der Waals surface area contributed by atoms with E-state index in [0.717, 1.165) is 14.5 Å². The molecule has 8 nitrogen and oxygen atoms in total. The molecule has 0 radical (unpaired) electrons. The highest BCUT2D eigenvalue weighted by Crippen LogP contribution is 2.27. The van der Waals surface area contributed by atoms with Gasteiger partial charge in [-0.3, -0.25) is 9.59 Å². The molecule has 5 rings (SSSR count). The van der Waals surface area contributed by atoms with Crippen molar-refractivity contribution in [3.8, 4) is 17.3 Å². The molecule has 0 saturated heterocycles. The second kappa shape index (κ2) is 9.10. The van der Waals surface area contributed by atoms with Gasteiger partial charge in [0.25, 0.3) is 11.5 Å². The zero-order chi connectivity index (χ0) is 23.7. The van der Waals surface area contributed by atoms with Gasteiger partial charge in [-0.15, -0.1) is 0 Å². The molecule has 0 aliphatic carbocycles. The lowest BCUT2D eigenvalue weighted by atomic mass is 10.2. The summed E-state index contributed by atoms with van der Waals surface area (Å²) >= 11 is 2.09. The van der Waals surface area contributed by atoms with Crippen molar-refractivity contribution in [2.24, 2.45) is 10.8 Å². The van der Waals surface area contributed by atoms with Crippen LogP contribution in [0.2, 0.25) is 0 Å². The maximum atomic E-state index is 13.3. The molecule has 0 atom stereocenters. The number of ether oxygens (including phenoxy) is 1. The SMILES string of the molecule is NC(=O)COc1ccc(C=Nn2c(-c3cc4ccccc4o3)nc3ccccc3c2=O)cc1I. The first-order chi connectivity index (χ1) is 16.5. The first-order valence-electron chi connectivity index (χ1n) is 10.3. The van der Waals surface area contributed by atoms with E-state index in [2.05, 4.69) is 32.7 Å². The van der Waals surface area contributed by atoms with Crippen LogP contribution in [0.1, 0.15) is 5.56 Å². The predicted octanol–water partition coefficient (Wildman–Crippen LogP) is 4.16. The number of para-hydroxylation sites is 2. The minimum atomic E-state index is -0.553. The normalized spacial score (nSPS) is 11.4. The van der Waals surface area contributed by atoms with Crippen molar-refractivity contribution in [3.63, 3.8) is 0 Å². The maximum Gasteiger partial charge on any atom is 0.282 e. The van der Waals surface area contributed by atoms with Crippen molar-refractivity contribution in [2.45, 2.75) is 0 Å². The Balaban J connectivity index is 1.60. The lowest BCUT2D eigenvalue weighted by Gasteiger charge is -2.08. The third-order valence-corrected chi connectivity index (χ3v) is 5.89. The number of hydrogen-bond acceptors (Lipinski definition) is 6. The average molecular weight is 564 g/mol. The fourth-order valence-electron chi connectivity index (χ4n) is 3.47. The second-order valence-corrected chi connectivity index (χ2v) is 8.57. The molecule has 0 saturated carbocycles. The summed E-state index contributed by atoms with van der Waals surface area (Å²) in [6.07, 6.45) is 1.56. The van der Waals surface area contributed by atoms with E-state index in [0.29, 0.717) is 33.8 Å². The molecular formula is C25H17IN4O4. The summed E-state index contributed by atoms with van der Waals surface area (Å²) in [6.45, 7) is -0.206. The topological polar surface area (TPSA) is 113 Å². The van der Waals surface area contributed by atoms with E-state index in [-0.39, 0.29) is 12.2 Å². The summed E-state index contributed by atoms with van der Waals surface area (Å²) in [4.78, 5) is 29.0. The van der Waals surface area contributed by atoms with Crippen LogP contribution in [0.25, 0.3) is 33.5 Å². The van der Waals surface area contributed by atoms with Crippen LogP contribution in [0.5, 0.6) is 5.75 Å². The number of rotatable bonds is 6. The number of fused-ring (bicyclic) bond motifs is 2. The zero-order valence-electron chi connectivity index (χ0n) is 17.6. The molecule has 5 aromatic rings. The predicted molar refractivity (Wildman–Crippen MR) is 138 cm³/mol. The third kappa shape index (κ3) is 4.29. The molecule has 0 fully saturated rings. The number of primary amides is 1. The van der Waals surface area contributed by atoms with Gasteiger partial charge in [-0.05, 0) is 70.6 Å². The Morgan fingerprint density at radius 2 is 1.91 bits per heavy atom. The molecular weight excluding hydrogens is 547 g/mol.